The van der Waals surface area contributed by atoms with Crippen molar-refractivity contribution in [2.24, 2.45) is 0 Å². The van der Waals surface area contributed by atoms with Crippen LogP contribution in [0.15, 0.2) is 48.8 Å². The Hall–Kier alpha value is -2.27. The topological polar surface area (TPSA) is 68.1 Å². The summed E-state index contributed by atoms with van der Waals surface area (Å²) < 4.78 is 0. The molecule has 0 bridgehead atoms. The molecule has 0 aliphatic heterocycles. The minimum Gasteiger partial charge on any atom is -0.310 e. The molecule has 0 saturated carbocycles. The Morgan fingerprint density at radius 3 is 2.80 bits per heavy atom. The Balaban J connectivity index is 1.92. The molecule has 1 N–H and O–H groups in total. The summed E-state index contributed by atoms with van der Waals surface area (Å²) in [6.07, 6.45) is 4.19. The van der Waals surface area contributed by atoms with E-state index in [0.29, 0.717) is 13.0 Å². The van der Waals surface area contributed by atoms with Crippen LogP contribution < -0.4 is 5.32 Å². The van der Waals surface area contributed by atoms with Crippen molar-refractivity contribution in [2.45, 2.75) is 19.4 Å². The van der Waals surface area contributed by atoms with E-state index in [1.807, 2.05) is 24.4 Å². The number of nitrogens with one attached hydrogen (secondary N) is 1. The lowest BCUT2D eigenvalue weighted by molar-refractivity contribution is -0.385. The van der Waals surface area contributed by atoms with Gasteiger partial charge in [0, 0.05) is 30.1 Å². The number of pyridine rings is 1. The molecule has 5 nitrogen and oxygen atoms in total. The molecular weight excluding hydrogens is 254 g/mol. The monoisotopic (exact) mass is 271 g/mol. The molecule has 1 atom stereocenters. The van der Waals surface area contributed by atoms with E-state index in [-0.39, 0.29) is 16.7 Å². The van der Waals surface area contributed by atoms with Gasteiger partial charge in [0.2, 0.25) is 0 Å². The normalized spacial score (nSPS) is 12.1. The fourth-order valence-corrected chi connectivity index (χ4v) is 2.07. The maximum absolute atomic E-state index is 10.9. The van der Waals surface area contributed by atoms with E-state index in [2.05, 4.69) is 17.2 Å². The summed E-state index contributed by atoms with van der Waals surface area (Å²) in [6.45, 7) is 2.73. The molecule has 0 unspecified atom stereocenters. The number of aromatic nitrogens is 1. The van der Waals surface area contributed by atoms with Crippen LogP contribution in [0, 0.1) is 10.1 Å². The third-order valence-corrected chi connectivity index (χ3v) is 3.22. The Bertz CT molecular complexity index is 572. The first-order chi connectivity index (χ1) is 9.68. The highest BCUT2D eigenvalue weighted by Gasteiger charge is 2.12. The van der Waals surface area contributed by atoms with Gasteiger partial charge in [0.15, 0.2) is 0 Å². The van der Waals surface area contributed by atoms with Crippen LogP contribution in [0.2, 0.25) is 0 Å². The maximum atomic E-state index is 10.9. The molecule has 0 amide bonds. The highest BCUT2D eigenvalue weighted by molar-refractivity contribution is 5.39. The molecule has 1 aromatic carbocycles. The average Bonchev–Trinajstić information content (AvgIpc) is 2.48. The van der Waals surface area contributed by atoms with Gasteiger partial charge in [-0.2, -0.15) is 0 Å². The largest absolute Gasteiger partial charge is 0.310 e. The van der Waals surface area contributed by atoms with E-state index >= 15 is 0 Å². The molecule has 0 saturated heterocycles. The van der Waals surface area contributed by atoms with Crippen molar-refractivity contribution >= 4 is 5.69 Å². The van der Waals surface area contributed by atoms with Crippen molar-refractivity contribution < 1.29 is 4.92 Å². The van der Waals surface area contributed by atoms with Crippen LogP contribution in [-0.2, 0) is 6.42 Å². The van der Waals surface area contributed by atoms with Crippen molar-refractivity contribution in [1.82, 2.24) is 10.3 Å². The Kier molecular flexibility index (Phi) is 4.79. The van der Waals surface area contributed by atoms with Crippen LogP contribution in [0.1, 0.15) is 24.1 Å². The third-order valence-electron chi connectivity index (χ3n) is 3.22. The smallest absolute Gasteiger partial charge is 0.272 e. The maximum Gasteiger partial charge on any atom is 0.272 e. The number of hydrogen-bond donors (Lipinski definition) is 1. The summed E-state index contributed by atoms with van der Waals surface area (Å²) in [4.78, 5) is 14.7. The van der Waals surface area contributed by atoms with Gasteiger partial charge in [-0.3, -0.25) is 15.1 Å². The second kappa shape index (κ2) is 6.77. The van der Waals surface area contributed by atoms with Crippen LogP contribution in [0.4, 0.5) is 5.69 Å². The van der Waals surface area contributed by atoms with Gasteiger partial charge >= 0.3 is 0 Å². The van der Waals surface area contributed by atoms with Gasteiger partial charge in [-0.15, -0.1) is 0 Å². The van der Waals surface area contributed by atoms with E-state index in [1.54, 1.807) is 24.4 Å². The number of rotatable bonds is 6. The lowest BCUT2D eigenvalue weighted by atomic mass is 10.1. The number of nitro groups is 1. The average molecular weight is 271 g/mol. The zero-order valence-corrected chi connectivity index (χ0v) is 11.3. The zero-order chi connectivity index (χ0) is 14.4. The second-order valence-electron chi connectivity index (χ2n) is 4.60. The Morgan fingerprint density at radius 2 is 2.10 bits per heavy atom. The number of nitro benzene ring substituents is 1. The molecule has 0 radical (unpaired) electrons. The predicted octanol–water partition coefficient (Wildman–Crippen LogP) is 2.88. The molecule has 1 heterocycles. The van der Waals surface area contributed by atoms with Gasteiger partial charge in [0.05, 0.1) is 4.92 Å². The van der Waals surface area contributed by atoms with Crippen LogP contribution in [0.3, 0.4) is 0 Å². The first kappa shape index (κ1) is 14.1. The van der Waals surface area contributed by atoms with Crippen molar-refractivity contribution in [1.29, 1.82) is 0 Å². The van der Waals surface area contributed by atoms with Crippen LogP contribution >= 0.6 is 0 Å². The second-order valence-corrected chi connectivity index (χ2v) is 4.60. The summed E-state index contributed by atoms with van der Waals surface area (Å²) in [7, 11) is 0. The van der Waals surface area contributed by atoms with Crippen molar-refractivity contribution in [3.8, 4) is 0 Å². The third kappa shape index (κ3) is 3.61. The van der Waals surface area contributed by atoms with Crippen molar-refractivity contribution in [2.75, 3.05) is 6.54 Å². The molecule has 0 spiro atoms. The lowest BCUT2D eigenvalue weighted by Gasteiger charge is -2.13. The van der Waals surface area contributed by atoms with Gasteiger partial charge in [0.1, 0.15) is 0 Å². The minimum absolute atomic E-state index is 0.173. The van der Waals surface area contributed by atoms with E-state index in [1.165, 1.54) is 0 Å². The minimum atomic E-state index is -0.333. The Labute approximate surface area is 117 Å². The molecular formula is C15H17N3O2. The standard InChI is InChI=1S/C15H17N3O2/c1-12(14-6-4-9-16-11-14)17-10-8-13-5-2-3-7-15(13)18(19)20/h2-7,9,11-12,17H,8,10H2,1H3/t12-/m0/s1. The zero-order valence-electron chi connectivity index (χ0n) is 11.3. The van der Waals surface area contributed by atoms with Crippen molar-refractivity contribution in [3.05, 3.63) is 70.0 Å². The summed E-state index contributed by atoms with van der Waals surface area (Å²) in [6, 6.07) is 10.9. The molecule has 1 aromatic heterocycles. The van der Waals surface area contributed by atoms with E-state index in [9.17, 15) is 10.1 Å². The predicted molar refractivity (Wildman–Crippen MR) is 77.5 cm³/mol. The molecule has 20 heavy (non-hydrogen) atoms. The SMILES string of the molecule is C[C@H](NCCc1ccccc1[N+](=O)[O-])c1cccnc1. The van der Waals surface area contributed by atoms with Crippen LogP contribution in [0.5, 0.6) is 0 Å². The molecule has 0 aliphatic rings. The number of nitrogens with zero attached hydrogens (tertiary/aromatic N) is 2. The fraction of sp³-hybridized carbons (Fsp3) is 0.267. The number of hydrogen-bond acceptors (Lipinski definition) is 4. The molecule has 104 valence electrons. The quantitative estimate of drug-likeness (QED) is 0.648. The van der Waals surface area contributed by atoms with Gasteiger partial charge in [-0.1, -0.05) is 24.3 Å². The highest BCUT2D eigenvalue weighted by Crippen LogP contribution is 2.18. The lowest BCUT2D eigenvalue weighted by Crippen LogP contribution is -2.21. The fourth-order valence-electron chi connectivity index (χ4n) is 2.07. The number of benzene rings is 1. The summed E-state index contributed by atoms with van der Waals surface area (Å²) in [5.74, 6) is 0. The van der Waals surface area contributed by atoms with E-state index in [0.717, 1.165) is 11.1 Å². The first-order valence-corrected chi connectivity index (χ1v) is 6.54. The molecule has 2 rings (SSSR count). The molecule has 0 aliphatic carbocycles. The summed E-state index contributed by atoms with van der Waals surface area (Å²) >= 11 is 0. The van der Waals surface area contributed by atoms with Crippen LogP contribution in [-0.4, -0.2) is 16.5 Å². The van der Waals surface area contributed by atoms with Crippen molar-refractivity contribution in [3.63, 3.8) is 0 Å². The Morgan fingerprint density at radius 1 is 1.30 bits per heavy atom. The van der Waals surface area contributed by atoms with Gasteiger partial charge < -0.3 is 5.32 Å². The molecule has 0 fully saturated rings. The van der Waals surface area contributed by atoms with Gasteiger partial charge in [-0.25, -0.2) is 0 Å². The van der Waals surface area contributed by atoms with Gasteiger partial charge in [0.25, 0.3) is 5.69 Å². The van der Waals surface area contributed by atoms with Crippen LogP contribution in [0.25, 0.3) is 0 Å². The summed E-state index contributed by atoms with van der Waals surface area (Å²) in [5.41, 5.74) is 2.04. The first-order valence-electron chi connectivity index (χ1n) is 6.54. The van der Waals surface area contributed by atoms with E-state index < -0.39 is 0 Å². The molecule has 2 aromatic rings. The van der Waals surface area contributed by atoms with Gasteiger partial charge in [-0.05, 0) is 31.5 Å². The summed E-state index contributed by atoms with van der Waals surface area (Å²) in [5, 5.41) is 14.3. The number of para-hydroxylation sites is 1. The van der Waals surface area contributed by atoms with E-state index in [4.69, 9.17) is 0 Å². The highest BCUT2D eigenvalue weighted by atomic mass is 16.6. The molecule has 5 heteroatoms.